The molecule has 88 valence electrons. The fraction of sp³-hybridized carbons (Fsp3) is 0.214. The zero-order valence-corrected chi connectivity index (χ0v) is 9.97. The number of aromatic nitrogens is 1. The molecule has 0 amide bonds. The molecule has 0 unspecified atom stereocenters. The van der Waals surface area contributed by atoms with Crippen LogP contribution in [0.5, 0.6) is 11.5 Å². The van der Waals surface area contributed by atoms with Gasteiger partial charge in [-0.3, -0.25) is 4.98 Å². The molecule has 2 aromatic rings. The summed E-state index contributed by atoms with van der Waals surface area (Å²) in [5.41, 5.74) is 2.73. The fourth-order valence-corrected chi connectivity index (χ4v) is 1.69. The number of ether oxygens (including phenoxy) is 1. The number of nitrogens with zero attached hydrogens (tertiary/aromatic N) is 1. The molecule has 1 heterocycles. The van der Waals surface area contributed by atoms with Gasteiger partial charge in [-0.15, -0.1) is 0 Å². The lowest BCUT2D eigenvalue weighted by Gasteiger charge is -2.08. The molecule has 0 spiro atoms. The van der Waals surface area contributed by atoms with Crippen LogP contribution < -0.4 is 4.74 Å². The Labute approximate surface area is 101 Å². The maximum Gasteiger partial charge on any atom is 0.138 e. The monoisotopic (exact) mass is 229 g/mol. The lowest BCUT2D eigenvalue weighted by atomic mass is 10.0. The van der Waals surface area contributed by atoms with E-state index in [1.165, 1.54) is 0 Å². The number of rotatable bonds is 3. The third-order valence-corrected chi connectivity index (χ3v) is 2.49. The van der Waals surface area contributed by atoms with Gasteiger partial charge >= 0.3 is 0 Å². The number of aromatic hydroxyl groups is 1. The predicted octanol–water partition coefficient (Wildman–Crippen LogP) is 3.16. The number of pyridine rings is 1. The van der Waals surface area contributed by atoms with E-state index in [-0.39, 0.29) is 5.75 Å². The average Bonchev–Trinajstić information content (AvgIpc) is 2.33. The van der Waals surface area contributed by atoms with Gasteiger partial charge in [0.15, 0.2) is 0 Å². The van der Waals surface area contributed by atoms with Gasteiger partial charge in [-0.25, -0.2) is 0 Å². The summed E-state index contributed by atoms with van der Waals surface area (Å²) >= 11 is 0. The van der Waals surface area contributed by atoms with Gasteiger partial charge in [-0.05, 0) is 32.0 Å². The Morgan fingerprint density at radius 3 is 2.82 bits per heavy atom. The molecule has 1 aromatic heterocycles. The summed E-state index contributed by atoms with van der Waals surface area (Å²) in [5.74, 6) is 0.969. The van der Waals surface area contributed by atoms with E-state index in [0.29, 0.717) is 12.4 Å². The Kier molecular flexibility index (Phi) is 3.28. The van der Waals surface area contributed by atoms with Gasteiger partial charge in [-0.2, -0.15) is 0 Å². The summed E-state index contributed by atoms with van der Waals surface area (Å²) in [5, 5.41) is 9.84. The Morgan fingerprint density at radius 2 is 2.06 bits per heavy atom. The molecule has 0 saturated carbocycles. The number of phenolic OH excluding ortho intramolecular Hbond substituents is 1. The van der Waals surface area contributed by atoms with Crippen LogP contribution in [0.1, 0.15) is 12.5 Å². The van der Waals surface area contributed by atoms with E-state index in [2.05, 4.69) is 4.98 Å². The number of hydrogen-bond donors (Lipinski definition) is 1. The molecule has 0 aliphatic heterocycles. The first-order chi connectivity index (χ1) is 8.20. The van der Waals surface area contributed by atoms with Crippen molar-refractivity contribution in [3.63, 3.8) is 0 Å². The van der Waals surface area contributed by atoms with Gasteiger partial charge in [0.2, 0.25) is 0 Å². The van der Waals surface area contributed by atoms with Gasteiger partial charge in [-0.1, -0.05) is 11.6 Å². The molecule has 0 bridgehead atoms. The van der Waals surface area contributed by atoms with Gasteiger partial charge in [0.25, 0.3) is 0 Å². The molecule has 0 atom stereocenters. The van der Waals surface area contributed by atoms with Crippen molar-refractivity contribution in [1.29, 1.82) is 0 Å². The van der Waals surface area contributed by atoms with Crippen molar-refractivity contribution in [2.24, 2.45) is 0 Å². The minimum absolute atomic E-state index is 0.256. The zero-order valence-electron chi connectivity index (χ0n) is 9.97. The van der Waals surface area contributed by atoms with Crippen molar-refractivity contribution in [2.75, 3.05) is 6.61 Å². The maximum absolute atomic E-state index is 9.84. The highest BCUT2D eigenvalue weighted by Crippen LogP contribution is 2.31. The van der Waals surface area contributed by atoms with E-state index < -0.39 is 0 Å². The van der Waals surface area contributed by atoms with Crippen molar-refractivity contribution < 1.29 is 9.84 Å². The second kappa shape index (κ2) is 4.87. The largest absolute Gasteiger partial charge is 0.507 e. The van der Waals surface area contributed by atoms with Crippen LogP contribution >= 0.6 is 0 Å². The van der Waals surface area contributed by atoms with Crippen molar-refractivity contribution in [1.82, 2.24) is 4.98 Å². The van der Waals surface area contributed by atoms with Crippen molar-refractivity contribution in [3.05, 3.63) is 42.2 Å². The molecular weight excluding hydrogens is 214 g/mol. The molecule has 0 saturated heterocycles. The van der Waals surface area contributed by atoms with Crippen LogP contribution in [0.25, 0.3) is 11.1 Å². The van der Waals surface area contributed by atoms with E-state index in [0.717, 1.165) is 16.7 Å². The average molecular weight is 229 g/mol. The number of hydrogen-bond acceptors (Lipinski definition) is 3. The van der Waals surface area contributed by atoms with Crippen molar-refractivity contribution >= 4 is 0 Å². The molecule has 0 radical (unpaired) electrons. The fourth-order valence-electron chi connectivity index (χ4n) is 1.69. The van der Waals surface area contributed by atoms with Crippen LogP contribution in [0.15, 0.2) is 36.7 Å². The highest BCUT2D eigenvalue weighted by molar-refractivity contribution is 5.70. The molecule has 3 nitrogen and oxygen atoms in total. The molecule has 0 aliphatic rings. The van der Waals surface area contributed by atoms with Crippen LogP contribution in [0, 0.1) is 6.92 Å². The first-order valence-electron chi connectivity index (χ1n) is 5.58. The second-order valence-corrected chi connectivity index (χ2v) is 3.86. The van der Waals surface area contributed by atoms with Crippen LogP contribution in [0.2, 0.25) is 0 Å². The first kappa shape index (κ1) is 11.5. The molecule has 2 rings (SSSR count). The van der Waals surface area contributed by atoms with E-state index in [9.17, 15) is 5.11 Å². The van der Waals surface area contributed by atoms with Gasteiger partial charge in [0, 0.05) is 17.3 Å². The Bertz CT molecular complexity index is 523. The van der Waals surface area contributed by atoms with Crippen LogP contribution in [-0.2, 0) is 0 Å². The number of benzene rings is 1. The smallest absolute Gasteiger partial charge is 0.138 e. The molecule has 1 aromatic carbocycles. The Balaban J connectivity index is 2.45. The SMILES string of the molecule is CCOc1cncc(-c2cc(C)ccc2O)c1. The van der Waals surface area contributed by atoms with E-state index in [1.807, 2.05) is 32.0 Å². The molecule has 0 fully saturated rings. The lowest BCUT2D eigenvalue weighted by Crippen LogP contribution is -1.92. The van der Waals surface area contributed by atoms with Crippen LogP contribution in [0.4, 0.5) is 0 Å². The standard InChI is InChI=1S/C14H15NO2/c1-3-17-12-7-11(8-15-9-12)13-6-10(2)4-5-14(13)16/h4-9,16H,3H2,1-2H3. The third-order valence-electron chi connectivity index (χ3n) is 2.49. The highest BCUT2D eigenvalue weighted by atomic mass is 16.5. The van der Waals surface area contributed by atoms with Gasteiger partial charge < -0.3 is 9.84 Å². The Morgan fingerprint density at radius 1 is 1.24 bits per heavy atom. The summed E-state index contributed by atoms with van der Waals surface area (Å²) in [6.07, 6.45) is 3.39. The summed E-state index contributed by atoms with van der Waals surface area (Å²) in [4.78, 5) is 4.11. The minimum Gasteiger partial charge on any atom is -0.507 e. The van der Waals surface area contributed by atoms with Crippen molar-refractivity contribution in [3.8, 4) is 22.6 Å². The maximum atomic E-state index is 9.84. The van der Waals surface area contributed by atoms with E-state index in [4.69, 9.17) is 4.74 Å². The van der Waals surface area contributed by atoms with Gasteiger partial charge in [0.1, 0.15) is 11.5 Å². The molecule has 17 heavy (non-hydrogen) atoms. The van der Waals surface area contributed by atoms with E-state index >= 15 is 0 Å². The summed E-state index contributed by atoms with van der Waals surface area (Å²) in [7, 11) is 0. The summed E-state index contributed by atoms with van der Waals surface area (Å²) < 4.78 is 5.39. The third kappa shape index (κ3) is 2.56. The normalized spacial score (nSPS) is 10.2. The molecule has 1 N–H and O–H groups in total. The van der Waals surface area contributed by atoms with Crippen molar-refractivity contribution in [2.45, 2.75) is 13.8 Å². The summed E-state index contributed by atoms with van der Waals surface area (Å²) in [6.45, 7) is 4.52. The lowest BCUT2D eigenvalue weighted by molar-refractivity contribution is 0.339. The van der Waals surface area contributed by atoms with Crippen LogP contribution in [0.3, 0.4) is 0 Å². The van der Waals surface area contributed by atoms with Gasteiger partial charge in [0.05, 0.1) is 12.8 Å². The minimum atomic E-state index is 0.256. The number of phenols is 1. The zero-order chi connectivity index (χ0) is 12.3. The highest BCUT2D eigenvalue weighted by Gasteiger charge is 2.06. The molecular formula is C14H15NO2. The molecule has 0 aliphatic carbocycles. The Hall–Kier alpha value is -2.03. The topological polar surface area (TPSA) is 42.4 Å². The number of aryl methyl sites for hydroxylation is 1. The quantitative estimate of drug-likeness (QED) is 0.879. The predicted molar refractivity (Wildman–Crippen MR) is 67.2 cm³/mol. The second-order valence-electron chi connectivity index (χ2n) is 3.86. The summed E-state index contributed by atoms with van der Waals surface area (Å²) in [6, 6.07) is 7.38. The molecule has 3 heteroatoms. The first-order valence-corrected chi connectivity index (χ1v) is 5.58. The van der Waals surface area contributed by atoms with Crippen LogP contribution in [-0.4, -0.2) is 16.7 Å². The van der Waals surface area contributed by atoms with E-state index in [1.54, 1.807) is 18.5 Å².